The molecule has 2 aromatic carbocycles. The Labute approximate surface area is 215 Å². The van der Waals surface area contributed by atoms with E-state index in [9.17, 15) is 9.59 Å². The number of carbonyl (C=O) groups is 2. The molecule has 2 heterocycles. The zero-order valence-electron chi connectivity index (χ0n) is 21.8. The van der Waals surface area contributed by atoms with Gasteiger partial charge in [0.05, 0.1) is 13.7 Å². The minimum atomic E-state index is 0.198. The van der Waals surface area contributed by atoms with Crippen LogP contribution in [0.5, 0.6) is 5.75 Å². The molecule has 0 aliphatic carbocycles. The molecule has 2 aliphatic rings. The van der Waals surface area contributed by atoms with Gasteiger partial charge in [-0.25, -0.2) is 0 Å². The van der Waals surface area contributed by atoms with Gasteiger partial charge in [0.1, 0.15) is 5.75 Å². The number of methoxy groups -OCH3 is 1. The number of rotatable bonds is 8. The predicted octanol–water partition coefficient (Wildman–Crippen LogP) is 2.81. The Kier molecular flexibility index (Phi) is 9.36. The van der Waals surface area contributed by atoms with E-state index in [0.717, 1.165) is 76.5 Å². The summed E-state index contributed by atoms with van der Waals surface area (Å²) < 4.78 is 5.20. The largest absolute Gasteiger partial charge is 0.497 e. The van der Waals surface area contributed by atoms with Gasteiger partial charge in [-0.2, -0.15) is 0 Å². The third-order valence-electron chi connectivity index (χ3n) is 7.47. The summed E-state index contributed by atoms with van der Waals surface area (Å²) in [6, 6.07) is 16.4. The Balaban J connectivity index is 1.17. The van der Waals surface area contributed by atoms with Gasteiger partial charge in [0, 0.05) is 65.3 Å². The lowest BCUT2D eigenvalue weighted by atomic mass is 10.1. The van der Waals surface area contributed by atoms with Crippen LogP contribution >= 0.6 is 0 Å². The number of nitrogens with zero attached hydrogens (tertiary/aromatic N) is 4. The summed E-state index contributed by atoms with van der Waals surface area (Å²) in [7, 11) is 1.66. The quantitative estimate of drug-likeness (QED) is 0.567. The molecule has 36 heavy (non-hydrogen) atoms. The SMILES string of the molecule is COc1ccc(CCC(=O)N2CCCN(CC(=O)N3CCN(Cc4ccccc4C)CC3)CC2)cc1. The maximum absolute atomic E-state index is 13.0. The van der Waals surface area contributed by atoms with Gasteiger partial charge in [0.15, 0.2) is 0 Å². The number of ether oxygens (including phenoxy) is 1. The van der Waals surface area contributed by atoms with Gasteiger partial charge >= 0.3 is 0 Å². The Morgan fingerprint density at radius 3 is 2.14 bits per heavy atom. The molecule has 0 spiro atoms. The van der Waals surface area contributed by atoms with Crippen molar-refractivity contribution in [1.29, 1.82) is 0 Å². The molecule has 194 valence electrons. The van der Waals surface area contributed by atoms with E-state index < -0.39 is 0 Å². The standard InChI is InChI=1S/C29H40N4O3/c1-24-6-3-4-7-26(24)22-31-17-20-33(21-18-31)29(35)23-30-14-5-15-32(19-16-30)28(34)13-10-25-8-11-27(36-2)12-9-25/h3-4,6-9,11-12H,5,10,13-23H2,1-2H3. The first-order valence-corrected chi connectivity index (χ1v) is 13.2. The molecule has 0 radical (unpaired) electrons. The molecule has 2 fully saturated rings. The molecular formula is C29H40N4O3. The van der Waals surface area contributed by atoms with E-state index in [-0.39, 0.29) is 11.8 Å². The molecule has 7 nitrogen and oxygen atoms in total. The molecular weight excluding hydrogens is 452 g/mol. The summed E-state index contributed by atoms with van der Waals surface area (Å²) in [5.41, 5.74) is 3.83. The van der Waals surface area contributed by atoms with E-state index in [4.69, 9.17) is 4.74 Å². The molecule has 0 unspecified atom stereocenters. The minimum absolute atomic E-state index is 0.198. The Bertz CT molecular complexity index is 1000. The zero-order chi connectivity index (χ0) is 25.3. The third kappa shape index (κ3) is 7.31. The van der Waals surface area contributed by atoms with Crippen molar-refractivity contribution >= 4 is 11.8 Å². The van der Waals surface area contributed by atoms with E-state index in [1.165, 1.54) is 11.1 Å². The number of aryl methyl sites for hydroxylation is 2. The first kappa shape index (κ1) is 26.2. The van der Waals surface area contributed by atoms with Crippen molar-refractivity contribution < 1.29 is 14.3 Å². The fourth-order valence-corrected chi connectivity index (χ4v) is 5.06. The van der Waals surface area contributed by atoms with E-state index >= 15 is 0 Å². The first-order valence-electron chi connectivity index (χ1n) is 13.2. The second kappa shape index (κ2) is 12.9. The average molecular weight is 493 g/mol. The van der Waals surface area contributed by atoms with Crippen molar-refractivity contribution in [2.24, 2.45) is 0 Å². The summed E-state index contributed by atoms with van der Waals surface area (Å²) in [6.07, 6.45) is 2.15. The Hall–Kier alpha value is -2.90. The molecule has 0 aromatic heterocycles. The van der Waals surface area contributed by atoms with Crippen LogP contribution in [-0.2, 0) is 22.6 Å². The maximum Gasteiger partial charge on any atom is 0.236 e. The third-order valence-corrected chi connectivity index (χ3v) is 7.47. The fourth-order valence-electron chi connectivity index (χ4n) is 5.06. The normalized spacial score (nSPS) is 17.6. The molecule has 7 heteroatoms. The van der Waals surface area contributed by atoms with Crippen LogP contribution in [0.15, 0.2) is 48.5 Å². The van der Waals surface area contributed by atoms with Crippen molar-refractivity contribution in [3.8, 4) is 5.75 Å². The van der Waals surface area contributed by atoms with E-state index in [1.807, 2.05) is 34.1 Å². The number of carbonyl (C=O) groups excluding carboxylic acids is 2. The molecule has 2 amide bonds. The minimum Gasteiger partial charge on any atom is -0.497 e. The van der Waals surface area contributed by atoms with Gasteiger partial charge in [-0.1, -0.05) is 36.4 Å². The van der Waals surface area contributed by atoms with E-state index in [1.54, 1.807) is 7.11 Å². The lowest BCUT2D eigenvalue weighted by Gasteiger charge is -2.36. The summed E-state index contributed by atoms with van der Waals surface area (Å²) >= 11 is 0. The molecule has 2 aliphatic heterocycles. The molecule has 0 N–H and O–H groups in total. The second-order valence-electron chi connectivity index (χ2n) is 9.94. The van der Waals surface area contributed by atoms with Crippen molar-refractivity contribution in [3.63, 3.8) is 0 Å². The average Bonchev–Trinajstić information content (AvgIpc) is 3.15. The number of benzene rings is 2. The fraction of sp³-hybridized carbons (Fsp3) is 0.517. The van der Waals surface area contributed by atoms with Gasteiger partial charge in [0.2, 0.25) is 11.8 Å². The van der Waals surface area contributed by atoms with E-state index in [2.05, 4.69) is 41.0 Å². The number of hydrogen-bond donors (Lipinski definition) is 0. The highest BCUT2D eigenvalue weighted by Gasteiger charge is 2.25. The van der Waals surface area contributed by atoms with Crippen molar-refractivity contribution in [3.05, 3.63) is 65.2 Å². The number of amides is 2. The van der Waals surface area contributed by atoms with Crippen molar-refractivity contribution in [2.75, 3.05) is 66.0 Å². The zero-order valence-corrected chi connectivity index (χ0v) is 21.8. The highest BCUT2D eigenvalue weighted by molar-refractivity contribution is 5.78. The monoisotopic (exact) mass is 492 g/mol. The summed E-state index contributed by atoms with van der Waals surface area (Å²) in [4.78, 5) is 34.4. The van der Waals surface area contributed by atoms with Gasteiger partial charge < -0.3 is 14.5 Å². The van der Waals surface area contributed by atoms with Gasteiger partial charge in [0.25, 0.3) is 0 Å². The molecule has 0 atom stereocenters. The van der Waals surface area contributed by atoms with Crippen LogP contribution < -0.4 is 4.74 Å². The highest BCUT2D eigenvalue weighted by Crippen LogP contribution is 2.15. The van der Waals surface area contributed by atoms with Crippen LogP contribution in [0.4, 0.5) is 0 Å². The molecule has 4 rings (SSSR count). The molecule has 0 saturated carbocycles. The lowest BCUT2D eigenvalue weighted by molar-refractivity contribution is -0.134. The van der Waals surface area contributed by atoms with Crippen LogP contribution in [0.2, 0.25) is 0 Å². The summed E-state index contributed by atoms with van der Waals surface area (Å²) in [5, 5.41) is 0. The van der Waals surface area contributed by atoms with Crippen LogP contribution in [-0.4, -0.2) is 97.4 Å². The van der Waals surface area contributed by atoms with Gasteiger partial charge in [-0.15, -0.1) is 0 Å². The molecule has 2 aromatic rings. The van der Waals surface area contributed by atoms with Gasteiger partial charge in [-0.05, 0) is 48.6 Å². The summed E-state index contributed by atoms with van der Waals surface area (Å²) in [5.74, 6) is 1.24. The first-order chi connectivity index (χ1) is 17.5. The number of piperazine rings is 1. The van der Waals surface area contributed by atoms with Gasteiger partial charge in [-0.3, -0.25) is 19.4 Å². The van der Waals surface area contributed by atoms with Crippen LogP contribution in [0, 0.1) is 6.92 Å². The summed E-state index contributed by atoms with van der Waals surface area (Å²) in [6.45, 7) is 10.0. The van der Waals surface area contributed by atoms with E-state index in [0.29, 0.717) is 19.5 Å². The smallest absolute Gasteiger partial charge is 0.236 e. The second-order valence-corrected chi connectivity index (χ2v) is 9.94. The van der Waals surface area contributed by atoms with Crippen LogP contribution in [0.3, 0.4) is 0 Å². The van der Waals surface area contributed by atoms with Crippen LogP contribution in [0.1, 0.15) is 29.5 Å². The van der Waals surface area contributed by atoms with Crippen LogP contribution in [0.25, 0.3) is 0 Å². The predicted molar refractivity (Wildman–Crippen MR) is 142 cm³/mol. The van der Waals surface area contributed by atoms with Crippen molar-refractivity contribution in [1.82, 2.24) is 19.6 Å². The topological polar surface area (TPSA) is 56.3 Å². The van der Waals surface area contributed by atoms with Crippen molar-refractivity contribution in [2.45, 2.75) is 32.7 Å². The Morgan fingerprint density at radius 1 is 0.778 bits per heavy atom. The Morgan fingerprint density at radius 2 is 1.44 bits per heavy atom. The number of hydrogen-bond acceptors (Lipinski definition) is 5. The highest BCUT2D eigenvalue weighted by atomic mass is 16.5. The lowest BCUT2D eigenvalue weighted by Crippen LogP contribution is -2.51. The molecule has 0 bridgehead atoms. The maximum atomic E-state index is 13.0. The molecule has 2 saturated heterocycles.